The van der Waals surface area contributed by atoms with Crippen molar-refractivity contribution in [1.82, 2.24) is 9.55 Å². The van der Waals surface area contributed by atoms with Crippen molar-refractivity contribution in [3.63, 3.8) is 0 Å². The van der Waals surface area contributed by atoms with E-state index in [9.17, 15) is 9.90 Å². The lowest BCUT2D eigenvalue weighted by Crippen LogP contribution is -2.34. The summed E-state index contributed by atoms with van der Waals surface area (Å²) in [6, 6.07) is 6.93. The number of benzene rings is 1. The minimum Gasteiger partial charge on any atom is -0.508 e. The molecule has 2 aliphatic heterocycles. The quantitative estimate of drug-likeness (QED) is 0.903. The molecule has 7 nitrogen and oxygen atoms in total. The van der Waals surface area contributed by atoms with Gasteiger partial charge in [0.2, 0.25) is 5.88 Å². The first-order valence-corrected chi connectivity index (χ1v) is 7.97. The van der Waals surface area contributed by atoms with E-state index in [0.29, 0.717) is 39.4 Å². The Bertz CT molecular complexity index is 811. The van der Waals surface area contributed by atoms with Gasteiger partial charge in [-0.1, -0.05) is 0 Å². The van der Waals surface area contributed by atoms with Crippen molar-refractivity contribution >= 4 is 0 Å². The SMILES string of the molecule is O=c1nc(OCC2COCCO2)cc2n1CCc1cc(O)ccc1-2. The first-order chi connectivity index (χ1) is 11.7. The molecule has 3 heterocycles. The number of hydrogen-bond acceptors (Lipinski definition) is 6. The average molecular weight is 330 g/mol. The molecule has 7 heteroatoms. The number of fused-ring (bicyclic) bond motifs is 3. The van der Waals surface area contributed by atoms with Crippen LogP contribution in [0.15, 0.2) is 29.1 Å². The van der Waals surface area contributed by atoms with Crippen molar-refractivity contribution in [3.8, 4) is 22.9 Å². The lowest BCUT2D eigenvalue weighted by atomic mass is 9.97. The average Bonchev–Trinajstić information content (AvgIpc) is 2.60. The van der Waals surface area contributed by atoms with E-state index in [2.05, 4.69) is 4.98 Å². The molecule has 24 heavy (non-hydrogen) atoms. The Morgan fingerprint density at radius 3 is 3.08 bits per heavy atom. The highest BCUT2D eigenvalue weighted by Gasteiger charge is 2.20. The third kappa shape index (κ3) is 2.88. The van der Waals surface area contributed by atoms with Crippen LogP contribution in [0.4, 0.5) is 0 Å². The van der Waals surface area contributed by atoms with Crippen LogP contribution in [0.2, 0.25) is 0 Å². The maximum Gasteiger partial charge on any atom is 0.351 e. The molecule has 126 valence electrons. The molecule has 0 bridgehead atoms. The van der Waals surface area contributed by atoms with Gasteiger partial charge in [0.25, 0.3) is 0 Å². The van der Waals surface area contributed by atoms with Gasteiger partial charge in [-0.2, -0.15) is 4.98 Å². The molecule has 4 rings (SSSR count). The zero-order valence-corrected chi connectivity index (χ0v) is 13.1. The van der Waals surface area contributed by atoms with E-state index in [-0.39, 0.29) is 23.4 Å². The first-order valence-electron chi connectivity index (χ1n) is 7.97. The van der Waals surface area contributed by atoms with E-state index in [1.54, 1.807) is 22.8 Å². The summed E-state index contributed by atoms with van der Waals surface area (Å²) in [5.41, 5.74) is 2.35. The fourth-order valence-corrected chi connectivity index (χ4v) is 3.08. The smallest absolute Gasteiger partial charge is 0.351 e. The summed E-state index contributed by atoms with van der Waals surface area (Å²) in [6.07, 6.45) is 0.537. The Kier molecular flexibility index (Phi) is 3.95. The summed E-state index contributed by atoms with van der Waals surface area (Å²) in [4.78, 5) is 16.3. The molecule has 1 N–H and O–H groups in total. The van der Waals surface area contributed by atoms with Crippen LogP contribution in [0.5, 0.6) is 11.6 Å². The summed E-state index contributed by atoms with van der Waals surface area (Å²) in [6.45, 7) is 2.45. The predicted octanol–water partition coefficient (Wildman–Crippen LogP) is 0.966. The lowest BCUT2D eigenvalue weighted by Gasteiger charge is -2.24. The van der Waals surface area contributed by atoms with E-state index in [0.717, 1.165) is 16.8 Å². The molecule has 0 saturated carbocycles. The second-order valence-electron chi connectivity index (χ2n) is 5.88. The fraction of sp³-hybridized carbons (Fsp3) is 0.412. The highest BCUT2D eigenvalue weighted by atomic mass is 16.6. The molecular formula is C17H18N2O5. The maximum atomic E-state index is 12.3. The zero-order chi connectivity index (χ0) is 16.5. The van der Waals surface area contributed by atoms with Crippen molar-refractivity contribution in [1.29, 1.82) is 0 Å². The largest absolute Gasteiger partial charge is 0.508 e. The number of phenols is 1. The van der Waals surface area contributed by atoms with E-state index in [1.807, 2.05) is 6.07 Å². The van der Waals surface area contributed by atoms with E-state index < -0.39 is 0 Å². The summed E-state index contributed by atoms with van der Waals surface area (Å²) in [5, 5.41) is 9.64. The van der Waals surface area contributed by atoms with Crippen LogP contribution in [0.25, 0.3) is 11.3 Å². The number of aromatic nitrogens is 2. The van der Waals surface area contributed by atoms with Gasteiger partial charge in [-0.15, -0.1) is 0 Å². The van der Waals surface area contributed by atoms with Gasteiger partial charge >= 0.3 is 5.69 Å². The second kappa shape index (κ2) is 6.26. The van der Waals surface area contributed by atoms with Crippen molar-refractivity contribution in [2.45, 2.75) is 19.1 Å². The van der Waals surface area contributed by atoms with Gasteiger partial charge in [0, 0.05) is 18.2 Å². The lowest BCUT2D eigenvalue weighted by molar-refractivity contribution is -0.102. The molecule has 1 fully saturated rings. The zero-order valence-electron chi connectivity index (χ0n) is 13.1. The van der Waals surface area contributed by atoms with Gasteiger partial charge in [0.15, 0.2) is 0 Å². The van der Waals surface area contributed by atoms with Crippen LogP contribution in [-0.4, -0.2) is 47.2 Å². The van der Waals surface area contributed by atoms with Crippen LogP contribution >= 0.6 is 0 Å². The Morgan fingerprint density at radius 1 is 1.33 bits per heavy atom. The molecule has 2 aliphatic rings. The Morgan fingerprint density at radius 2 is 2.25 bits per heavy atom. The molecule has 1 unspecified atom stereocenters. The molecule has 1 aromatic carbocycles. The van der Waals surface area contributed by atoms with Gasteiger partial charge < -0.3 is 19.3 Å². The van der Waals surface area contributed by atoms with E-state index in [1.165, 1.54) is 0 Å². The van der Waals surface area contributed by atoms with Crippen molar-refractivity contribution in [2.75, 3.05) is 26.4 Å². The molecule has 2 aromatic rings. The molecule has 1 saturated heterocycles. The molecular weight excluding hydrogens is 312 g/mol. The van der Waals surface area contributed by atoms with Crippen LogP contribution in [0.1, 0.15) is 5.56 Å². The van der Waals surface area contributed by atoms with Gasteiger partial charge in [0.1, 0.15) is 18.5 Å². The van der Waals surface area contributed by atoms with E-state index in [4.69, 9.17) is 14.2 Å². The fourth-order valence-electron chi connectivity index (χ4n) is 3.08. The minimum absolute atomic E-state index is 0.149. The van der Waals surface area contributed by atoms with Crippen LogP contribution in [0.3, 0.4) is 0 Å². The molecule has 0 spiro atoms. The van der Waals surface area contributed by atoms with Gasteiger partial charge in [-0.3, -0.25) is 4.57 Å². The summed E-state index contributed by atoms with van der Waals surface area (Å²) in [5.74, 6) is 0.505. The van der Waals surface area contributed by atoms with Gasteiger partial charge in [0.05, 0.1) is 25.5 Å². The number of aromatic hydroxyl groups is 1. The van der Waals surface area contributed by atoms with Crippen LogP contribution < -0.4 is 10.4 Å². The summed E-state index contributed by atoms with van der Waals surface area (Å²) < 4.78 is 18.1. The van der Waals surface area contributed by atoms with Crippen LogP contribution in [0, 0.1) is 0 Å². The Balaban J connectivity index is 1.62. The topological polar surface area (TPSA) is 82.8 Å². The second-order valence-corrected chi connectivity index (χ2v) is 5.88. The third-order valence-electron chi connectivity index (χ3n) is 4.26. The number of rotatable bonds is 3. The van der Waals surface area contributed by atoms with E-state index >= 15 is 0 Å². The van der Waals surface area contributed by atoms with Crippen molar-refractivity contribution < 1.29 is 19.3 Å². The first kappa shape index (κ1) is 15.2. The third-order valence-corrected chi connectivity index (χ3v) is 4.26. The predicted molar refractivity (Wildman–Crippen MR) is 85.4 cm³/mol. The molecule has 0 radical (unpaired) electrons. The number of aryl methyl sites for hydroxylation is 1. The minimum atomic E-state index is -0.331. The van der Waals surface area contributed by atoms with Gasteiger partial charge in [-0.25, -0.2) is 4.79 Å². The Labute approximate surface area is 138 Å². The maximum absolute atomic E-state index is 12.3. The number of ether oxygens (including phenoxy) is 3. The highest BCUT2D eigenvalue weighted by molar-refractivity contribution is 5.67. The summed E-state index contributed by atoms with van der Waals surface area (Å²) in [7, 11) is 0. The highest BCUT2D eigenvalue weighted by Crippen LogP contribution is 2.31. The standard InChI is InChI=1S/C17H18N2O5/c20-12-1-2-14-11(7-12)3-4-19-15(14)8-16(18-17(19)21)24-10-13-9-22-5-6-23-13/h1-2,7-8,13,20H,3-6,9-10H2. The molecule has 1 aromatic heterocycles. The number of hydrogen-bond donors (Lipinski definition) is 1. The van der Waals surface area contributed by atoms with Crippen LogP contribution in [-0.2, 0) is 22.4 Å². The molecule has 0 aliphatic carbocycles. The molecule has 1 atom stereocenters. The monoisotopic (exact) mass is 330 g/mol. The number of nitrogens with zero attached hydrogens (tertiary/aromatic N) is 2. The Hall–Kier alpha value is -2.38. The number of phenolic OH excluding ortho intramolecular Hbond substituents is 1. The normalized spacial score (nSPS) is 19.4. The summed E-state index contributed by atoms with van der Waals surface area (Å²) >= 11 is 0. The van der Waals surface area contributed by atoms with Crippen molar-refractivity contribution in [3.05, 3.63) is 40.3 Å². The molecule has 0 amide bonds. The van der Waals surface area contributed by atoms with Gasteiger partial charge in [-0.05, 0) is 30.2 Å². The van der Waals surface area contributed by atoms with Crippen molar-refractivity contribution in [2.24, 2.45) is 0 Å².